The molecule has 0 radical (unpaired) electrons. The molecule has 0 amide bonds. The highest BCUT2D eigenvalue weighted by atomic mass is 32.2. The second-order valence-electron chi connectivity index (χ2n) is 5.02. The Kier molecular flexibility index (Phi) is 6.11. The normalized spacial score (nSPS) is 12.1. The molecule has 0 aliphatic rings. The number of hydrogen-bond acceptors (Lipinski definition) is 5. The van der Waals surface area contributed by atoms with Crippen LogP contribution in [0.2, 0.25) is 0 Å². The van der Waals surface area contributed by atoms with Gasteiger partial charge in [-0.05, 0) is 27.2 Å². The Balaban J connectivity index is 2.49. The molecule has 1 aromatic rings. The molecule has 0 aromatic carbocycles. The van der Waals surface area contributed by atoms with Gasteiger partial charge in [-0.15, -0.1) is 10.2 Å². The molecule has 0 spiro atoms. The molecular formula is C12H23N3O2S. The van der Waals surface area contributed by atoms with E-state index in [0.717, 1.165) is 23.9 Å². The highest BCUT2D eigenvalue weighted by Crippen LogP contribution is 2.18. The van der Waals surface area contributed by atoms with Crippen LogP contribution >= 0.6 is 11.8 Å². The summed E-state index contributed by atoms with van der Waals surface area (Å²) in [7, 11) is 0. The highest BCUT2D eigenvalue weighted by Gasteiger charge is 2.12. The van der Waals surface area contributed by atoms with Gasteiger partial charge in [-0.2, -0.15) is 0 Å². The maximum atomic E-state index is 9.18. The number of rotatable bonds is 7. The van der Waals surface area contributed by atoms with Gasteiger partial charge in [0.2, 0.25) is 0 Å². The summed E-state index contributed by atoms with van der Waals surface area (Å²) >= 11 is 1.62. The van der Waals surface area contributed by atoms with Crippen molar-refractivity contribution in [1.82, 2.24) is 14.8 Å². The van der Waals surface area contributed by atoms with Crippen molar-refractivity contribution in [2.75, 3.05) is 12.4 Å². The Bertz CT molecular complexity index is 361. The summed E-state index contributed by atoms with van der Waals surface area (Å²) < 4.78 is 7.63. The van der Waals surface area contributed by atoms with Gasteiger partial charge in [-0.3, -0.25) is 0 Å². The maximum Gasteiger partial charge on any atom is 0.191 e. The number of nitrogens with zero attached hydrogens (tertiary/aromatic N) is 3. The SMILES string of the molecule is CCCn1c(CO)nnc1SCCOC(C)(C)C. The number of aromatic nitrogens is 3. The lowest BCUT2D eigenvalue weighted by molar-refractivity contribution is 0.00692. The van der Waals surface area contributed by atoms with Gasteiger partial charge in [0.15, 0.2) is 11.0 Å². The first-order valence-corrected chi connectivity index (χ1v) is 7.26. The van der Waals surface area contributed by atoms with Crippen molar-refractivity contribution in [3.8, 4) is 0 Å². The minimum Gasteiger partial charge on any atom is -0.388 e. The lowest BCUT2D eigenvalue weighted by Gasteiger charge is -2.19. The van der Waals surface area contributed by atoms with Crippen LogP contribution in [0.4, 0.5) is 0 Å². The monoisotopic (exact) mass is 273 g/mol. The lowest BCUT2D eigenvalue weighted by Crippen LogP contribution is -2.20. The van der Waals surface area contributed by atoms with Crippen LogP contribution in [0.1, 0.15) is 39.9 Å². The second kappa shape index (κ2) is 7.11. The zero-order chi connectivity index (χ0) is 13.6. The van der Waals surface area contributed by atoms with Crippen LogP contribution in [-0.2, 0) is 17.9 Å². The van der Waals surface area contributed by atoms with Crippen LogP contribution in [-0.4, -0.2) is 37.8 Å². The molecule has 0 fully saturated rings. The highest BCUT2D eigenvalue weighted by molar-refractivity contribution is 7.99. The van der Waals surface area contributed by atoms with Gasteiger partial charge in [0, 0.05) is 12.3 Å². The summed E-state index contributed by atoms with van der Waals surface area (Å²) in [5, 5.41) is 18.1. The van der Waals surface area contributed by atoms with Gasteiger partial charge in [0.25, 0.3) is 0 Å². The van der Waals surface area contributed by atoms with Crippen LogP contribution in [0.15, 0.2) is 5.16 Å². The van der Waals surface area contributed by atoms with Crippen LogP contribution in [0.25, 0.3) is 0 Å². The molecule has 0 bridgehead atoms. The Labute approximate surface area is 113 Å². The molecule has 0 aliphatic carbocycles. The topological polar surface area (TPSA) is 60.2 Å². The molecule has 5 nitrogen and oxygen atoms in total. The van der Waals surface area contributed by atoms with E-state index >= 15 is 0 Å². The van der Waals surface area contributed by atoms with Gasteiger partial charge < -0.3 is 14.4 Å². The van der Waals surface area contributed by atoms with Crippen LogP contribution < -0.4 is 0 Å². The Morgan fingerprint density at radius 3 is 2.61 bits per heavy atom. The molecule has 0 aliphatic heterocycles. The van der Waals surface area contributed by atoms with Crippen molar-refractivity contribution in [3.05, 3.63) is 5.82 Å². The maximum absolute atomic E-state index is 9.18. The van der Waals surface area contributed by atoms with Gasteiger partial charge >= 0.3 is 0 Å². The standard InChI is InChI=1S/C12H23N3O2S/c1-5-6-15-10(9-16)13-14-11(15)18-8-7-17-12(2,3)4/h16H,5-9H2,1-4H3. The van der Waals surface area contributed by atoms with E-state index < -0.39 is 0 Å². The van der Waals surface area contributed by atoms with Gasteiger partial charge in [-0.25, -0.2) is 0 Å². The van der Waals surface area contributed by atoms with E-state index in [0.29, 0.717) is 12.4 Å². The Morgan fingerprint density at radius 1 is 1.33 bits per heavy atom. The number of thioether (sulfide) groups is 1. The van der Waals surface area contributed by atoms with Crippen molar-refractivity contribution < 1.29 is 9.84 Å². The molecule has 0 unspecified atom stereocenters. The van der Waals surface area contributed by atoms with Crippen LogP contribution in [0.3, 0.4) is 0 Å². The van der Waals surface area contributed by atoms with Crippen LogP contribution in [0, 0.1) is 0 Å². The summed E-state index contributed by atoms with van der Waals surface area (Å²) in [5.74, 6) is 1.47. The molecule has 18 heavy (non-hydrogen) atoms. The predicted octanol–water partition coefficient (Wildman–Crippen LogP) is 2.09. The van der Waals surface area contributed by atoms with E-state index in [2.05, 4.69) is 17.1 Å². The largest absolute Gasteiger partial charge is 0.388 e. The van der Waals surface area contributed by atoms with Gasteiger partial charge in [0.1, 0.15) is 6.61 Å². The molecule has 1 N–H and O–H groups in total. The van der Waals surface area contributed by atoms with Crippen molar-refractivity contribution in [2.24, 2.45) is 0 Å². The molecule has 0 saturated heterocycles. The minimum absolute atomic E-state index is 0.0634. The summed E-state index contributed by atoms with van der Waals surface area (Å²) in [6.45, 7) is 9.68. The fraction of sp³-hybridized carbons (Fsp3) is 0.833. The Morgan fingerprint density at radius 2 is 2.06 bits per heavy atom. The Hall–Kier alpha value is -0.590. The van der Waals surface area contributed by atoms with Crippen LogP contribution in [0.5, 0.6) is 0 Å². The van der Waals surface area contributed by atoms with Crippen molar-refractivity contribution >= 4 is 11.8 Å². The number of aliphatic hydroxyl groups excluding tert-OH is 1. The molecule has 0 atom stereocenters. The predicted molar refractivity (Wildman–Crippen MR) is 72.7 cm³/mol. The third kappa shape index (κ3) is 4.96. The second-order valence-corrected chi connectivity index (χ2v) is 6.08. The summed E-state index contributed by atoms with van der Waals surface area (Å²) in [6, 6.07) is 0. The van der Waals surface area contributed by atoms with E-state index in [-0.39, 0.29) is 12.2 Å². The first-order valence-electron chi connectivity index (χ1n) is 6.27. The average Bonchev–Trinajstić information content (AvgIpc) is 2.66. The van der Waals surface area contributed by atoms with E-state index in [9.17, 15) is 5.11 Å². The fourth-order valence-electron chi connectivity index (χ4n) is 1.47. The first-order chi connectivity index (χ1) is 8.48. The molecule has 1 heterocycles. The van der Waals surface area contributed by atoms with Crippen molar-refractivity contribution in [2.45, 2.75) is 58.0 Å². The number of ether oxygens (including phenoxy) is 1. The van der Waals surface area contributed by atoms with E-state index in [1.807, 2.05) is 25.3 Å². The molecule has 1 aromatic heterocycles. The van der Waals surface area contributed by atoms with Crippen molar-refractivity contribution in [3.63, 3.8) is 0 Å². The summed E-state index contributed by atoms with van der Waals surface area (Å²) in [5.41, 5.74) is -0.103. The molecule has 0 saturated carbocycles. The summed E-state index contributed by atoms with van der Waals surface area (Å²) in [4.78, 5) is 0. The van der Waals surface area contributed by atoms with Gasteiger partial charge in [0.05, 0.1) is 12.2 Å². The zero-order valence-corrected chi connectivity index (χ0v) is 12.5. The summed E-state index contributed by atoms with van der Waals surface area (Å²) in [6.07, 6.45) is 0.997. The molecule has 104 valence electrons. The fourth-order valence-corrected chi connectivity index (χ4v) is 2.27. The molecule has 1 rings (SSSR count). The quantitative estimate of drug-likeness (QED) is 0.609. The van der Waals surface area contributed by atoms with E-state index in [1.165, 1.54) is 0 Å². The zero-order valence-electron chi connectivity index (χ0n) is 11.6. The smallest absolute Gasteiger partial charge is 0.191 e. The average molecular weight is 273 g/mol. The van der Waals surface area contributed by atoms with E-state index in [4.69, 9.17) is 4.74 Å². The molecule has 6 heteroatoms. The number of hydrogen-bond donors (Lipinski definition) is 1. The van der Waals surface area contributed by atoms with E-state index in [1.54, 1.807) is 11.8 Å². The lowest BCUT2D eigenvalue weighted by atomic mass is 10.2. The third-order valence-electron chi connectivity index (χ3n) is 2.23. The minimum atomic E-state index is -0.103. The number of aliphatic hydroxyl groups is 1. The molecular weight excluding hydrogens is 250 g/mol. The van der Waals surface area contributed by atoms with Crippen molar-refractivity contribution in [1.29, 1.82) is 0 Å². The third-order valence-corrected chi connectivity index (χ3v) is 3.16. The van der Waals surface area contributed by atoms with Gasteiger partial charge in [-0.1, -0.05) is 18.7 Å². The first kappa shape index (κ1) is 15.5.